The van der Waals surface area contributed by atoms with E-state index in [0.29, 0.717) is 0 Å². The molecule has 0 aliphatic carbocycles. The lowest BCUT2D eigenvalue weighted by atomic mass is 10.0. The number of hydrogen-bond donors (Lipinski definition) is 2. The molecule has 2 aromatic rings. The van der Waals surface area contributed by atoms with E-state index < -0.39 is 0 Å². The molecule has 0 saturated heterocycles. The molecule has 0 aliphatic rings. The van der Waals surface area contributed by atoms with Crippen LogP contribution in [0.2, 0.25) is 0 Å². The van der Waals surface area contributed by atoms with Crippen molar-refractivity contribution >= 4 is 15.9 Å². The van der Waals surface area contributed by atoms with Gasteiger partial charge in [-0.15, -0.1) is 0 Å². The van der Waals surface area contributed by atoms with Crippen molar-refractivity contribution in [2.24, 2.45) is 12.9 Å². The van der Waals surface area contributed by atoms with Crippen molar-refractivity contribution in [1.82, 2.24) is 15.2 Å². The summed E-state index contributed by atoms with van der Waals surface area (Å²) >= 11 is 3.43. The second-order valence-electron chi connectivity index (χ2n) is 4.33. The van der Waals surface area contributed by atoms with E-state index in [1.807, 2.05) is 37.6 Å². The fourth-order valence-electron chi connectivity index (χ4n) is 2.04. The predicted molar refractivity (Wildman–Crippen MR) is 77.7 cm³/mol. The Labute approximate surface area is 120 Å². The van der Waals surface area contributed by atoms with Gasteiger partial charge in [-0.3, -0.25) is 16.0 Å². The van der Waals surface area contributed by atoms with Crippen molar-refractivity contribution in [3.05, 3.63) is 46.2 Å². The van der Waals surface area contributed by atoms with Gasteiger partial charge in [0.25, 0.3) is 0 Å². The molecule has 19 heavy (non-hydrogen) atoms. The molecule has 102 valence electrons. The molecule has 1 heterocycles. The first-order valence-corrected chi connectivity index (χ1v) is 6.70. The molecule has 1 aromatic heterocycles. The van der Waals surface area contributed by atoms with E-state index in [2.05, 4.69) is 26.5 Å². The third-order valence-corrected chi connectivity index (χ3v) is 3.46. The molecule has 3 N–H and O–H groups in total. The van der Waals surface area contributed by atoms with Gasteiger partial charge in [-0.2, -0.15) is 5.10 Å². The fraction of sp³-hybridized carbons (Fsp3) is 0.308. The van der Waals surface area contributed by atoms with Gasteiger partial charge in [-0.25, -0.2) is 0 Å². The van der Waals surface area contributed by atoms with Gasteiger partial charge in [0.05, 0.1) is 19.3 Å². The number of nitrogens with one attached hydrogen (secondary N) is 1. The number of halogens is 1. The van der Waals surface area contributed by atoms with Crippen LogP contribution in [0, 0.1) is 0 Å². The average Bonchev–Trinajstić information content (AvgIpc) is 2.81. The molecule has 1 unspecified atom stereocenters. The highest BCUT2D eigenvalue weighted by molar-refractivity contribution is 9.10. The quantitative estimate of drug-likeness (QED) is 0.651. The molecule has 0 bridgehead atoms. The van der Waals surface area contributed by atoms with Crippen LogP contribution < -0.4 is 16.0 Å². The molecule has 6 heteroatoms. The van der Waals surface area contributed by atoms with Crippen molar-refractivity contribution in [3.63, 3.8) is 0 Å². The number of methoxy groups -OCH3 is 1. The summed E-state index contributed by atoms with van der Waals surface area (Å²) < 4.78 is 8.16. The minimum Gasteiger partial charge on any atom is -0.496 e. The number of ether oxygens (including phenoxy) is 1. The van der Waals surface area contributed by atoms with Gasteiger partial charge in [-0.05, 0) is 24.1 Å². The molecule has 0 aliphatic heterocycles. The van der Waals surface area contributed by atoms with Crippen LogP contribution in [0.5, 0.6) is 5.75 Å². The number of hydrogen-bond acceptors (Lipinski definition) is 4. The van der Waals surface area contributed by atoms with Crippen LogP contribution in [-0.2, 0) is 13.5 Å². The molecule has 0 saturated carbocycles. The van der Waals surface area contributed by atoms with Crippen LogP contribution in [0.25, 0.3) is 0 Å². The van der Waals surface area contributed by atoms with Crippen LogP contribution in [0.3, 0.4) is 0 Å². The minimum absolute atomic E-state index is 0.0211. The third kappa shape index (κ3) is 3.34. The van der Waals surface area contributed by atoms with E-state index in [4.69, 9.17) is 10.6 Å². The van der Waals surface area contributed by atoms with Crippen molar-refractivity contribution in [2.45, 2.75) is 12.5 Å². The molecular weight excluding hydrogens is 308 g/mol. The number of nitrogens with zero attached hydrogens (tertiary/aromatic N) is 2. The molecule has 5 nitrogen and oxygen atoms in total. The van der Waals surface area contributed by atoms with Gasteiger partial charge in [0.1, 0.15) is 5.75 Å². The minimum atomic E-state index is -0.0211. The van der Waals surface area contributed by atoms with Gasteiger partial charge in [-0.1, -0.05) is 22.0 Å². The number of aryl methyl sites for hydroxylation is 1. The topological polar surface area (TPSA) is 65.1 Å². The Balaban J connectivity index is 2.26. The maximum absolute atomic E-state index is 5.68. The SMILES string of the molecule is COc1cc(Br)ccc1C(Cc1cnn(C)c1)NN. The van der Waals surface area contributed by atoms with Gasteiger partial charge in [0, 0.05) is 23.3 Å². The number of nitrogens with two attached hydrogens (primary N) is 1. The third-order valence-electron chi connectivity index (χ3n) is 2.97. The zero-order valence-electron chi connectivity index (χ0n) is 10.9. The number of aromatic nitrogens is 2. The summed E-state index contributed by atoms with van der Waals surface area (Å²) in [6.45, 7) is 0. The Bertz CT molecular complexity index is 555. The van der Waals surface area contributed by atoms with Crippen LogP contribution in [0.4, 0.5) is 0 Å². The zero-order valence-corrected chi connectivity index (χ0v) is 12.5. The van der Waals surface area contributed by atoms with E-state index in [-0.39, 0.29) is 6.04 Å². The van der Waals surface area contributed by atoms with Crippen LogP contribution in [0.1, 0.15) is 17.2 Å². The average molecular weight is 325 g/mol. The number of benzene rings is 1. The second-order valence-corrected chi connectivity index (χ2v) is 5.25. The molecule has 0 amide bonds. The normalized spacial score (nSPS) is 12.4. The van der Waals surface area contributed by atoms with Crippen LogP contribution in [0.15, 0.2) is 35.1 Å². The van der Waals surface area contributed by atoms with Crippen molar-refractivity contribution < 1.29 is 4.74 Å². The van der Waals surface area contributed by atoms with Gasteiger partial charge < -0.3 is 4.74 Å². The van der Waals surface area contributed by atoms with E-state index in [9.17, 15) is 0 Å². The molecule has 0 fully saturated rings. The Morgan fingerprint density at radius 3 is 2.89 bits per heavy atom. The number of hydrazine groups is 1. The summed E-state index contributed by atoms with van der Waals surface area (Å²) in [5, 5.41) is 4.16. The summed E-state index contributed by atoms with van der Waals surface area (Å²) in [6, 6.07) is 5.89. The van der Waals surface area contributed by atoms with E-state index in [1.54, 1.807) is 11.8 Å². The monoisotopic (exact) mass is 324 g/mol. The zero-order chi connectivity index (χ0) is 13.8. The fourth-order valence-corrected chi connectivity index (χ4v) is 2.38. The predicted octanol–water partition coefficient (Wildman–Crippen LogP) is 1.94. The Kier molecular flexibility index (Phi) is 4.57. The van der Waals surface area contributed by atoms with Gasteiger partial charge in [0.2, 0.25) is 0 Å². The van der Waals surface area contributed by atoms with E-state index in [0.717, 1.165) is 27.8 Å². The highest BCUT2D eigenvalue weighted by Gasteiger charge is 2.16. The molecule has 2 rings (SSSR count). The molecule has 1 atom stereocenters. The first kappa shape index (κ1) is 14.0. The Morgan fingerprint density at radius 2 is 2.32 bits per heavy atom. The second kappa shape index (κ2) is 6.18. The van der Waals surface area contributed by atoms with E-state index >= 15 is 0 Å². The summed E-state index contributed by atoms with van der Waals surface area (Å²) in [7, 11) is 3.55. The lowest BCUT2D eigenvalue weighted by Gasteiger charge is -2.18. The Morgan fingerprint density at radius 1 is 1.53 bits per heavy atom. The Hall–Kier alpha value is -1.37. The summed E-state index contributed by atoms with van der Waals surface area (Å²) in [5.41, 5.74) is 4.98. The smallest absolute Gasteiger partial charge is 0.124 e. The highest BCUT2D eigenvalue weighted by Crippen LogP contribution is 2.30. The largest absolute Gasteiger partial charge is 0.496 e. The van der Waals surface area contributed by atoms with Crippen LogP contribution in [-0.4, -0.2) is 16.9 Å². The van der Waals surface area contributed by atoms with Crippen LogP contribution >= 0.6 is 15.9 Å². The van der Waals surface area contributed by atoms with Crippen molar-refractivity contribution in [2.75, 3.05) is 7.11 Å². The first-order valence-electron chi connectivity index (χ1n) is 5.91. The molecular formula is C13H17BrN4O. The maximum Gasteiger partial charge on any atom is 0.124 e. The van der Waals surface area contributed by atoms with Gasteiger partial charge >= 0.3 is 0 Å². The molecule has 0 spiro atoms. The van der Waals surface area contributed by atoms with Crippen molar-refractivity contribution in [3.8, 4) is 5.75 Å². The standard InChI is InChI=1S/C13H17BrN4O/c1-18-8-9(7-16-18)5-12(17-15)11-4-3-10(14)6-13(11)19-2/h3-4,6-8,12,17H,5,15H2,1-2H3. The highest BCUT2D eigenvalue weighted by atomic mass is 79.9. The molecule has 1 aromatic carbocycles. The summed E-state index contributed by atoms with van der Waals surface area (Å²) in [4.78, 5) is 0. The lowest BCUT2D eigenvalue weighted by Crippen LogP contribution is -2.29. The summed E-state index contributed by atoms with van der Waals surface area (Å²) in [5.74, 6) is 6.48. The lowest BCUT2D eigenvalue weighted by molar-refractivity contribution is 0.398. The number of rotatable bonds is 5. The maximum atomic E-state index is 5.68. The first-order chi connectivity index (χ1) is 9.13. The molecule has 0 radical (unpaired) electrons. The summed E-state index contributed by atoms with van der Waals surface area (Å²) in [6.07, 6.45) is 4.58. The van der Waals surface area contributed by atoms with Crippen molar-refractivity contribution in [1.29, 1.82) is 0 Å². The van der Waals surface area contributed by atoms with E-state index in [1.165, 1.54) is 0 Å². The van der Waals surface area contributed by atoms with Gasteiger partial charge in [0.15, 0.2) is 0 Å².